The van der Waals surface area contributed by atoms with E-state index < -0.39 is 5.79 Å². The fraction of sp³-hybridized carbons (Fsp3) is 0.600. The average Bonchev–Trinajstić information content (AvgIpc) is 2.96. The summed E-state index contributed by atoms with van der Waals surface area (Å²) in [4.78, 5) is 27.8. The van der Waals surface area contributed by atoms with Crippen LogP contribution in [0.3, 0.4) is 0 Å². The van der Waals surface area contributed by atoms with Crippen molar-refractivity contribution in [3.05, 3.63) is 34.2 Å². The van der Waals surface area contributed by atoms with Gasteiger partial charge in [-0.25, -0.2) is 0 Å². The Morgan fingerprint density at radius 3 is 2.52 bits per heavy atom. The fourth-order valence-corrected chi connectivity index (χ4v) is 3.13. The zero-order valence-corrected chi connectivity index (χ0v) is 12.1. The van der Waals surface area contributed by atoms with Crippen LogP contribution in [0.5, 0.6) is 0 Å². The van der Waals surface area contributed by atoms with Crippen molar-refractivity contribution in [2.75, 3.05) is 20.3 Å². The van der Waals surface area contributed by atoms with Crippen molar-refractivity contribution in [1.29, 1.82) is 0 Å². The van der Waals surface area contributed by atoms with E-state index in [-0.39, 0.29) is 17.5 Å². The lowest BCUT2D eigenvalue weighted by atomic mass is 9.89. The third kappa shape index (κ3) is 2.87. The zero-order chi connectivity index (χ0) is 14.9. The van der Waals surface area contributed by atoms with Crippen molar-refractivity contribution >= 4 is 5.91 Å². The van der Waals surface area contributed by atoms with Crippen molar-refractivity contribution in [1.82, 2.24) is 9.88 Å². The van der Waals surface area contributed by atoms with E-state index in [0.29, 0.717) is 18.8 Å². The third-order valence-electron chi connectivity index (χ3n) is 4.43. The summed E-state index contributed by atoms with van der Waals surface area (Å²) >= 11 is 0. The monoisotopic (exact) mass is 292 g/mol. The quantitative estimate of drug-likeness (QED) is 0.887. The molecular weight excluding hydrogens is 272 g/mol. The highest BCUT2D eigenvalue weighted by Crippen LogP contribution is 2.37. The van der Waals surface area contributed by atoms with Gasteiger partial charge in [0, 0.05) is 38.2 Å². The highest BCUT2D eigenvalue weighted by molar-refractivity contribution is 5.93. The lowest BCUT2D eigenvalue weighted by Crippen LogP contribution is -2.45. The lowest BCUT2D eigenvalue weighted by Gasteiger charge is -2.39. The van der Waals surface area contributed by atoms with E-state index in [2.05, 4.69) is 4.98 Å². The minimum atomic E-state index is -0.404. The Kier molecular flexibility index (Phi) is 3.82. The number of pyridine rings is 1. The Hall–Kier alpha value is -1.66. The van der Waals surface area contributed by atoms with Crippen LogP contribution in [0.1, 0.15) is 36.0 Å². The van der Waals surface area contributed by atoms with E-state index in [1.807, 2.05) is 7.05 Å². The van der Waals surface area contributed by atoms with Gasteiger partial charge in [0.15, 0.2) is 5.79 Å². The maximum Gasteiger partial charge on any atom is 0.255 e. The van der Waals surface area contributed by atoms with Crippen molar-refractivity contribution in [3.63, 3.8) is 0 Å². The number of amides is 1. The number of aromatic nitrogens is 1. The molecule has 1 aliphatic heterocycles. The molecule has 1 aromatic heterocycles. The normalized spacial score (nSPS) is 21.6. The summed E-state index contributed by atoms with van der Waals surface area (Å²) in [7, 11) is 1.81. The van der Waals surface area contributed by atoms with Crippen molar-refractivity contribution in [3.8, 4) is 0 Å². The van der Waals surface area contributed by atoms with Crippen molar-refractivity contribution in [2.45, 2.75) is 37.5 Å². The number of hydrogen-bond acceptors (Lipinski definition) is 4. The van der Waals surface area contributed by atoms with Crippen LogP contribution in [0, 0.1) is 0 Å². The largest absolute Gasteiger partial charge is 0.348 e. The van der Waals surface area contributed by atoms with Crippen molar-refractivity contribution < 1.29 is 14.3 Å². The Bertz CT molecular complexity index is 547. The number of carbonyl (C=O) groups excluding carboxylic acids is 1. The lowest BCUT2D eigenvalue weighted by molar-refractivity contribution is -0.182. The van der Waals surface area contributed by atoms with Crippen LogP contribution in [0.2, 0.25) is 0 Å². The van der Waals surface area contributed by atoms with E-state index in [1.165, 1.54) is 12.3 Å². The van der Waals surface area contributed by atoms with Gasteiger partial charge in [-0.15, -0.1) is 0 Å². The minimum absolute atomic E-state index is 0.0690. The topological polar surface area (TPSA) is 71.6 Å². The zero-order valence-electron chi connectivity index (χ0n) is 12.1. The Morgan fingerprint density at radius 1 is 1.29 bits per heavy atom. The molecule has 1 saturated carbocycles. The highest BCUT2D eigenvalue weighted by Gasteiger charge is 2.41. The predicted octanol–water partition coefficient (Wildman–Crippen LogP) is 1.13. The molecule has 21 heavy (non-hydrogen) atoms. The van der Waals surface area contributed by atoms with Gasteiger partial charge >= 0.3 is 0 Å². The number of carbonyl (C=O) groups is 1. The van der Waals surface area contributed by atoms with Gasteiger partial charge in [-0.2, -0.15) is 0 Å². The number of ether oxygens (including phenoxy) is 2. The van der Waals surface area contributed by atoms with Gasteiger partial charge in [-0.1, -0.05) is 0 Å². The van der Waals surface area contributed by atoms with Crippen molar-refractivity contribution in [2.24, 2.45) is 0 Å². The fourth-order valence-electron chi connectivity index (χ4n) is 3.13. The molecule has 2 fully saturated rings. The molecule has 6 nitrogen and oxygen atoms in total. The number of nitrogens with one attached hydrogen (secondary N) is 1. The first-order chi connectivity index (χ1) is 10.1. The Balaban J connectivity index is 1.63. The summed E-state index contributed by atoms with van der Waals surface area (Å²) in [6, 6.07) is 3.12. The smallest absolute Gasteiger partial charge is 0.255 e. The van der Waals surface area contributed by atoms with Gasteiger partial charge in [0.1, 0.15) is 0 Å². The molecule has 0 radical (unpaired) electrons. The van der Waals surface area contributed by atoms with Crippen LogP contribution in [0.25, 0.3) is 0 Å². The van der Waals surface area contributed by atoms with Gasteiger partial charge in [-0.05, 0) is 18.9 Å². The summed E-state index contributed by atoms with van der Waals surface area (Å²) in [5.41, 5.74) is 0.301. The molecule has 114 valence electrons. The van der Waals surface area contributed by atoms with Crippen LogP contribution >= 0.6 is 0 Å². The summed E-state index contributed by atoms with van der Waals surface area (Å²) < 4.78 is 11.4. The first-order valence-electron chi connectivity index (χ1n) is 7.33. The second-order valence-electron chi connectivity index (χ2n) is 5.70. The summed E-state index contributed by atoms with van der Waals surface area (Å²) in [5, 5.41) is 0. The Labute approximate surface area is 123 Å². The predicted molar refractivity (Wildman–Crippen MR) is 76.0 cm³/mol. The van der Waals surface area contributed by atoms with Gasteiger partial charge in [0.05, 0.1) is 18.8 Å². The molecule has 2 aliphatic rings. The van der Waals surface area contributed by atoms with Crippen LogP contribution in [-0.2, 0) is 9.47 Å². The summed E-state index contributed by atoms with van der Waals surface area (Å²) in [5.74, 6) is -0.473. The van der Waals surface area contributed by atoms with E-state index in [1.54, 1.807) is 11.0 Å². The molecule has 3 rings (SSSR count). The molecule has 1 amide bonds. The van der Waals surface area contributed by atoms with Crippen LogP contribution in [0.15, 0.2) is 23.1 Å². The minimum Gasteiger partial charge on any atom is -0.348 e. The Morgan fingerprint density at radius 2 is 1.95 bits per heavy atom. The molecule has 6 heteroatoms. The third-order valence-corrected chi connectivity index (χ3v) is 4.43. The molecule has 1 N–H and O–H groups in total. The van der Waals surface area contributed by atoms with Gasteiger partial charge in [0.25, 0.3) is 5.91 Å². The van der Waals surface area contributed by atoms with E-state index in [0.717, 1.165) is 25.7 Å². The maximum absolute atomic E-state index is 12.4. The first-order valence-corrected chi connectivity index (χ1v) is 7.33. The van der Waals surface area contributed by atoms with Crippen LogP contribution in [0.4, 0.5) is 0 Å². The number of nitrogens with zero attached hydrogens (tertiary/aromatic N) is 1. The van der Waals surface area contributed by atoms with E-state index >= 15 is 0 Å². The first kappa shape index (κ1) is 14.3. The molecular formula is C15H20N2O4. The van der Waals surface area contributed by atoms with E-state index in [4.69, 9.17) is 9.47 Å². The van der Waals surface area contributed by atoms with Crippen LogP contribution < -0.4 is 5.56 Å². The molecule has 0 unspecified atom stereocenters. The molecule has 0 atom stereocenters. The van der Waals surface area contributed by atoms with E-state index in [9.17, 15) is 9.59 Å². The second-order valence-corrected chi connectivity index (χ2v) is 5.70. The SMILES string of the molecule is CN(C(=O)c1ccc(=O)[nH]c1)C1CCC2(CC1)OCCO2. The van der Waals surface area contributed by atoms with Crippen LogP contribution in [-0.4, -0.2) is 47.9 Å². The molecule has 0 bridgehead atoms. The number of H-pyrrole nitrogens is 1. The number of aromatic amines is 1. The number of rotatable bonds is 2. The molecule has 2 heterocycles. The second kappa shape index (κ2) is 5.61. The van der Waals surface area contributed by atoms with Gasteiger partial charge in [-0.3, -0.25) is 9.59 Å². The standard InChI is InChI=1S/C15H20N2O4/c1-17(14(19)11-2-3-13(18)16-10-11)12-4-6-15(7-5-12)20-8-9-21-15/h2-3,10,12H,4-9H2,1H3,(H,16,18). The average molecular weight is 292 g/mol. The number of hydrogen-bond donors (Lipinski definition) is 1. The molecule has 1 saturated heterocycles. The highest BCUT2D eigenvalue weighted by atomic mass is 16.7. The molecule has 0 aromatic carbocycles. The molecule has 1 spiro atoms. The summed E-state index contributed by atoms with van der Waals surface area (Å²) in [6.07, 6.45) is 4.84. The maximum atomic E-state index is 12.4. The summed E-state index contributed by atoms with van der Waals surface area (Å²) in [6.45, 7) is 1.33. The molecule has 1 aliphatic carbocycles. The molecule has 1 aromatic rings. The van der Waals surface area contributed by atoms with Gasteiger partial charge < -0.3 is 19.4 Å². The van der Waals surface area contributed by atoms with Gasteiger partial charge in [0.2, 0.25) is 5.56 Å².